The molecule has 1 spiro atoms. The standard InChI is InChI=1S/C39H47ClO7/c1-20(2)23-12-14-37(8)19-27(23)25-18-26-30(41)28-16-22-17-29-36(6,7)47-38(33(22)42,15-10-21(3)34(43)44-9)39(28,29)46-32(26)24(31(25)45-37)11-13-35(4,5)40/h10,16,18,22,27,29H,11-15,17,19H2,1-9H3/b21-10+. The van der Waals surface area contributed by atoms with Crippen LogP contribution in [-0.4, -0.2) is 51.9 Å². The van der Waals surface area contributed by atoms with Gasteiger partial charge < -0.3 is 18.9 Å². The number of hydrogen-bond donors (Lipinski definition) is 0. The third-order valence-corrected chi connectivity index (χ3v) is 12.2. The molecule has 3 fully saturated rings. The second-order valence-electron chi connectivity index (χ2n) is 16.3. The van der Waals surface area contributed by atoms with E-state index in [-0.39, 0.29) is 35.4 Å². The highest BCUT2D eigenvalue weighted by Gasteiger charge is 2.81. The van der Waals surface area contributed by atoms with Gasteiger partial charge in [0.2, 0.25) is 0 Å². The largest absolute Gasteiger partial charge is 0.487 e. The Labute approximate surface area is 283 Å². The van der Waals surface area contributed by atoms with Crippen molar-refractivity contribution in [1.29, 1.82) is 0 Å². The first kappa shape index (κ1) is 32.6. The maximum Gasteiger partial charge on any atom is 0.333 e. The summed E-state index contributed by atoms with van der Waals surface area (Å²) in [5, 5.41) is 0. The normalized spacial score (nSPS) is 34.5. The van der Waals surface area contributed by atoms with Gasteiger partial charge in [0, 0.05) is 51.3 Å². The zero-order chi connectivity index (χ0) is 34.1. The molecule has 252 valence electrons. The number of halogens is 1. The van der Waals surface area contributed by atoms with Crippen LogP contribution in [0.1, 0.15) is 121 Å². The summed E-state index contributed by atoms with van der Waals surface area (Å²) in [6.45, 7) is 16.1. The summed E-state index contributed by atoms with van der Waals surface area (Å²) in [6, 6.07) is 2.01. The Morgan fingerprint density at radius 1 is 1.13 bits per heavy atom. The summed E-state index contributed by atoms with van der Waals surface area (Å²) < 4.78 is 26.2. The van der Waals surface area contributed by atoms with E-state index in [2.05, 4.69) is 20.8 Å². The molecule has 1 aromatic rings. The Morgan fingerprint density at radius 3 is 2.51 bits per heavy atom. The van der Waals surface area contributed by atoms with Gasteiger partial charge in [0.25, 0.3) is 0 Å². The Morgan fingerprint density at radius 2 is 1.85 bits per heavy atom. The van der Waals surface area contributed by atoms with E-state index in [9.17, 15) is 9.59 Å². The number of ether oxygens (including phenoxy) is 4. The maximum absolute atomic E-state index is 15.0. The molecule has 6 atom stereocenters. The molecule has 47 heavy (non-hydrogen) atoms. The Balaban J connectivity index is 1.48. The van der Waals surface area contributed by atoms with Crippen molar-refractivity contribution in [3.63, 3.8) is 0 Å². The minimum atomic E-state index is -1.49. The van der Waals surface area contributed by atoms with Gasteiger partial charge in [-0.1, -0.05) is 23.3 Å². The van der Waals surface area contributed by atoms with E-state index in [1.54, 1.807) is 13.0 Å². The van der Waals surface area contributed by atoms with Crippen molar-refractivity contribution in [1.82, 2.24) is 0 Å². The van der Waals surface area contributed by atoms with Crippen LogP contribution in [0.5, 0.6) is 11.5 Å². The lowest BCUT2D eigenvalue weighted by Crippen LogP contribution is -2.72. The Kier molecular flexibility index (Phi) is 7.16. The summed E-state index contributed by atoms with van der Waals surface area (Å²) in [6.07, 6.45) is 8.05. The van der Waals surface area contributed by atoms with E-state index in [0.717, 1.165) is 36.1 Å². The quantitative estimate of drug-likeness (QED) is 0.132. The summed E-state index contributed by atoms with van der Waals surface area (Å²) >= 11 is 6.81. The third kappa shape index (κ3) is 4.51. The van der Waals surface area contributed by atoms with Crippen molar-refractivity contribution >= 4 is 29.1 Å². The van der Waals surface area contributed by atoms with Gasteiger partial charge in [0.1, 0.15) is 17.1 Å². The molecule has 6 unspecified atom stereocenters. The van der Waals surface area contributed by atoms with Crippen LogP contribution in [0.15, 0.2) is 40.5 Å². The molecule has 6 bridgehead atoms. The van der Waals surface area contributed by atoms with Gasteiger partial charge in [-0.15, -0.1) is 11.6 Å². The molecule has 0 aromatic heterocycles. The molecule has 1 aromatic carbocycles. The van der Waals surface area contributed by atoms with Gasteiger partial charge in [0.05, 0.1) is 18.3 Å². The number of Topliss-reactive ketones (excluding diaryl/α,β-unsaturated/α-hetero) is 2. The predicted octanol–water partition coefficient (Wildman–Crippen LogP) is 7.91. The lowest BCUT2D eigenvalue weighted by Gasteiger charge is -2.56. The van der Waals surface area contributed by atoms with Gasteiger partial charge in [-0.3, -0.25) is 9.59 Å². The number of esters is 1. The van der Waals surface area contributed by atoms with Crippen molar-refractivity contribution in [3.8, 4) is 11.5 Å². The Bertz CT molecular complexity index is 1720. The highest BCUT2D eigenvalue weighted by Crippen LogP contribution is 2.68. The first-order valence-corrected chi connectivity index (χ1v) is 17.5. The van der Waals surface area contributed by atoms with Crippen molar-refractivity contribution in [3.05, 3.63) is 57.2 Å². The second kappa shape index (κ2) is 10.3. The van der Waals surface area contributed by atoms with Crippen molar-refractivity contribution in [2.75, 3.05) is 7.11 Å². The zero-order valence-corrected chi connectivity index (χ0v) is 29.9. The number of carbonyl (C=O) groups is 3. The van der Waals surface area contributed by atoms with Crippen LogP contribution in [0.25, 0.3) is 0 Å². The zero-order valence-electron chi connectivity index (χ0n) is 29.1. The maximum atomic E-state index is 15.0. The number of rotatable bonds is 6. The van der Waals surface area contributed by atoms with Crippen LogP contribution in [0.3, 0.4) is 0 Å². The molecule has 0 radical (unpaired) electrons. The molecule has 2 saturated carbocycles. The minimum Gasteiger partial charge on any atom is -0.487 e. The fourth-order valence-electron chi connectivity index (χ4n) is 9.68. The van der Waals surface area contributed by atoms with E-state index < -0.39 is 33.6 Å². The van der Waals surface area contributed by atoms with E-state index in [4.69, 9.17) is 30.5 Å². The van der Waals surface area contributed by atoms with Crippen LogP contribution in [0.4, 0.5) is 0 Å². The second-order valence-corrected chi connectivity index (χ2v) is 17.3. The molecule has 8 rings (SSSR count). The predicted molar refractivity (Wildman–Crippen MR) is 179 cm³/mol. The fourth-order valence-corrected chi connectivity index (χ4v) is 9.78. The monoisotopic (exact) mass is 662 g/mol. The summed E-state index contributed by atoms with van der Waals surface area (Å²) in [7, 11) is 1.33. The SMILES string of the molecule is COC(=O)/C(C)=C/CC12OC(C)(C)C3CC(C=C4C(=O)c5cc6c(c(CCC(C)(C)Cl)c5OC431)OC1(C)CCC(=C(C)C)C6C1)C2=O. The van der Waals surface area contributed by atoms with Crippen LogP contribution >= 0.6 is 11.6 Å². The van der Waals surface area contributed by atoms with Crippen LogP contribution < -0.4 is 9.47 Å². The van der Waals surface area contributed by atoms with Crippen LogP contribution in [0, 0.1) is 11.8 Å². The molecule has 7 aliphatic rings. The van der Waals surface area contributed by atoms with E-state index in [0.29, 0.717) is 41.7 Å². The molecule has 3 aliphatic heterocycles. The average Bonchev–Trinajstić information content (AvgIpc) is 3.14. The van der Waals surface area contributed by atoms with E-state index in [1.807, 2.05) is 39.8 Å². The van der Waals surface area contributed by atoms with Crippen molar-refractivity contribution in [2.45, 2.75) is 134 Å². The molecule has 4 aliphatic carbocycles. The third-order valence-electron chi connectivity index (χ3n) is 12.0. The highest BCUT2D eigenvalue weighted by atomic mass is 35.5. The minimum absolute atomic E-state index is 0.0821. The lowest BCUT2D eigenvalue weighted by molar-refractivity contribution is -0.171. The molecule has 7 nitrogen and oxygen atoms in total. The van der Waals surface area contributed by atoms with Gasteiger partial charge in [-0.2, -0.15) is 0 Å². The number of ketones is 2. The number of alkyl halides is 1. The summed E-state index contributed by atoms with van der Waals surface area (Å²) in [4.78, 5) is 41.4. The number of carbonyl (C=O) groups excluding carboxylic acids is 3. The fraction of sp³-hybridized carbons (Fsp3) is 0.615. The summed E-state index contributed by atoms with van der Waals surface area (Å²) in [5.41, 5.74) is 2.01. The molecule has 8 heteroatoms. The molecule has 1 saturated heterocycles. The van der Waals surface area contributed by atoms with Gasteiger partial charge in [0.15, 0.2) is 22.8 Å². The molecule has 0 amide bonds. The van der Waals surface area contributed by atoms with E-state index in [1.165, 1.54) is 18.3 Å². The average molecular weight is 663 g/mol. The first-order chi connectivity index (χ1) is 21.9. The molecular weight excluding hydrogens is 616 g/mol. The van der Waals surface area contributed by atoms with Gasteiger partial charge >= 0.3 is 5.97 Å². The number of allylic oxidation sites excluding steroid dienone is 3. The van der Waals surface area contributed by atoms with Crippen LogP contribution in [-0.2, 0) is 25.5 Å². The summed E-state index contributed by atoms with van der Waals surface area (Å²) in [5.74, 6) is -0.0466. The van der Waals surface area contributed by atoms with Crippen LogP contribution in [0.2, 0.25) is 0 Å². The smallest absolute Gasteiger partial charge is 0.333 e. The van der Waals surface area contributed by atoms with Crippen molar-refractivity contribution < 1.29 is 33.3 Å². The topological polar surface area (TPSA) is 88.1 Å². The molecule has 0 N–H and O–H groups in total. The number of benzene rings is 1. The molecular formula is C39H47ClO7. The lowest BCUT2D eigenvalue weighted by atomic mass is 9.51. The van der Waals surface area contributed by atoms with Gasteiger partial charge in [-0.25, -0.2) is 4.79 Å². The molecule has 3 heterocycles. The van der Waals surface area contributed by atoms with E-state index >= 15 is 4.79 Å². The number of methoxy groups -OCH3 is 1. The van der Waals surface area contributed by atoms with Crippen molar-refractivity contribution in [2.24, 2.45) is 11.8 Å². The number of fused-ring (bicyclic) bond motifs is 5. The highest BCUT2D eigenvalue weighted by molar-refractivity contribution is 6.23. The number of hydrogen-bond acceptors (Lipinski definition) is 7. The Hall–Kier alpha value is -2.90. The van der Waals surface area contributed by atoms with Gasteiger partial charge in [-0.05, 0) is 100.0 Å². The first-order valence-electron chi connectivity index (χ1n) is 17.1.